The van der Waals surface area contributed by atoms with Crippen LogP contribution < -0.4 is 10.9 Å². The fraction of sp³-hybridized carbons (Fsp3) is 0.100. The minimum Gasteiger partial charge on any atom is -0.378 e. The third kappa shape index (κ3) is 4.62. The second-order valence-corrected chi connectivity index (χ2v) is 8.43. The number of rotatable bonds is 7. The molecule has 0 amide bonds. The highest BCUT2D eigenvalue weighted by Gasteiger charge is 2.21. The van der Waals surface area contributed by atoms with Crippen LogP contribution in [0.2, 0.25) is 0 Å². The molecule has 4 aromatic carbocycles. The van der Waals surface area contributed by atoms with Crippen LogP contribution in [0.25, 0.3) is 10.9 Å². The first-order chi connectivity index (χ1) is 17.1. The van der Waals surface area contributed by atoms with Crippen molar-refractivity contribution < 1.29 is 4.79 Å². The minimum atomic E-state index is -0.307. The Balaban J connectivity index is 1.56. The molecule has 5 nitrogen and oxygen atoms in total. The molecule has 0 aliphatic carbocycles. The van der Waals surface area contributed by atoms with Crippen molar-refractivity contribution >= 4 is 22.4 Å². The Kier molecular flexibility index (Phi) is 6.22. The van der Waals surface area contributed by atoms with E-state index in [-0.39, 0.29) is 23.9 Å². The summed E-state index contributed by atoms with van der Waals surface area (Å²) in [6.07, 6.45) is 0. The molecule has 35 heavy (non-hydrogen) atoms. The number of carbonyl (C=O) groups excluding carboxylic acids is 1. The van der Waals surface area contributed by atoms with Gasteiger partial charge in [0.1, 0.15) is 5.82 Å². The molecule has 0 saturated carbocycles. The lowest BCUT2D eigenvalue weighted by atomic mass is 9.98. The minimum absolute atomic E-state index is 0.0154. The molecule has 172 valence electrons. The molecule has 0 aliphatic rings. The normalized spacial score (nSPS) is 11.0. The van der Waals surface area contributed by atoms with E-state index in [1.165, 1.54) is 0 Å². The van der Waals surface area contributed by atoms with Crippen LogP contribution in [0.3, 0.4) is 0 Å². The lowest BCUT2D eigenvalue weighted by Gasteiger charge is -2.23. The number of nitrogens with one attached hydrogen (secondary N) is 1. The quantitative estimate of drug-likeness (QED) is 0.320. The monoisotopic (exact) mass is 459 g/mol. The highest BCUT2D eigenvalue weighted by atomic mass is 16.1. The van der Waals surface area contributed by atoms with E-state index in [1.54, 1.807) is 22.8 Å². The van der Waals surface area contributed by atoms with Crippen LogP contribution in [0, 0.1) is 6.92 Å². The molecule has 5 rings (SSSR count). The second kappa shape index (κ2) is 9.77. The van der Waals surface area contributed by atoms with Crippen LogP contribution >= 0.6 is 0 Å². The van der Waals surface area contributed by atoms with Crippen molar-refractivity contribution in [2.24, 2.45) is 0 Å². The summed E-state index contributed by atoms with van der Waals surface area (Å²) in [5.74, 6) is 0.624. The van der Waals surface area contributed by atoms with Crippen LogP contribution in [0.4, 0.5) is 5.69 Å². The van der Waals surface area contributed by atoms with Crippen LogP contribution in [-0.4, -0.2) is 21.9 Å². The fourth-order valence-electron chi connectivity index (χ4n) is 4.39. The number of hydrogen-bond donors (Lipinski definition) is 1. The van der Waals surface area contributed by atoms with Crippen LogP contribution in [-0.2, 0) is 0 Å². The van der Waals surface area contributed by atoms with Gasteiger partial charge in [0.2, 0.25) is 0 Å². The Morgan fingerprint density at radius 1 is 0.829 bits per heavy atom. The molecule has 1 N–H and O–H groups in total. The van der Waals surface area contributed by atoms with E-state index in [9.17, 15) is 9.59 Å². The van der Waals surface area contributed by atoms with Crippen molar-refractivity contribution in [3.05, 3.63) is 142 Å². The van der Waals surface area contributed by atoms with Gasteiger partial charge in [0.15, 0.2) is 5.78 Å². The SMILES string of the molecule is Cc1nc2ccc(NCC(=O)c3ccccc3)cc2c(=O)n1C(c1ccccc1)c1ccccc1. The smallest absolute Gasteiger partial charge is 0.262 e. The summed E-state index contributed by atoms with van der Waals surface area (Å²) in [6.45, 7) is 2.00. The van der Waals surface area contributed by atoms with Gasteiger partial charge >= 0.3 is 0 Å². The average Bonchev–Trinajstić information content (AvgIpc) is 2.91. The van der Waals surface area contributed by atoms with Gasteiger partial charge in [0.05, 0.1) is 23.5 Å². The summed E-state index contributed by atoms with van der Waals surface area (Å²) in [5, 5.41) is 3.67. The molecule has 0 fully saturated rings. The highest BCUT2D eigenvalue weighted by Crippen LogP contribution is 2.27. The zero-order valence-electron chi connectivity index (χ0n) is 19.4. The Labute approximate surface area is 203 Å². The highest BCUT2D eigenvalue weighted by molar-refractivity contribution is 5.99. The molecule has 0 unspecified atom stereocenters. The van der Waals surface area contributed by atoms with Crippen molar-refractivity contribution in [1.82, 2.24) is 9.55 Å². The lowest BCUT2D eigenvalue weighted by Crippen LogP contribution is -2.29. The number of benzene rings is 4. The molecule has 1 aromatic heterocycles. The number of Topliss-reactive ketones (excluding diaryl/α,β-unsaturated/α-hetero) is 1. The second-order valence-electron chi connectivity index (χ2n) is 8.43. The topological polar surface area (TPSA) is 64.0 Å². The molecule has 0 bridgehead atoms. The number of hydrogen-bond acceptors (Lipinski definition) is 4. The van der Waals surface area contributed by atoms with Crippen molar-refractivity contribution in [2.45, 2.75) is 13.0 Å². The predicted molar refractivity (Wildman–Crippen MR) is 140 cm³/mol. The molecule has 1 heterocycles. The molecule has 0 radical (unpaired) electrons. The van der Waals surface area contributed by atoms with Crippen molar-refractivity contribution in [3.8, 4) is 0 Å². The summed E-state index contributed by atoms with van der Waals surface area (Å²) in [7, 11) is 0. The third-order valence-corrected chi connectivity index (χ3v) is 6.11. The zero-order chi connectivity index (χ0) is 24.2. The van der Waals surface area contributed by atoms with Gasteiger partial charge in [-0.25, -0.2) is 4.98 Å². The van der Waals surface area contributed by atoms with E-state index in [0.717, 1.165) is 11.1 Å². The van der Waals surface area contributed by atoms with E-state index in [2.05, 4.69) is 5.32 Å². The van der Waals surface area contributed by atoms with Crippen molar-refractivity contribution in [3.63, 3.8) is 0 Å². The van der Waals surface area contributed by atoms with E-state index in [0.29, 0.717) is 28.0 Å². The van der Waals surface area contributed by atoms with Gasteiger partial charge in [-0.2, -0.15) is 0 Å². The first-order valence-electron chi connectivity index (χ1n) is 11.6. The summed E-state index contributed by atoms with van der Waals surface area (Å²) in [4.78, 5) is 31.1. The molecule has 5 aromatic rings. The number of ketones is 1. The Bertz CT molecular complexity index is 1490. The van der Waals surface area contributed by atoms with Crippen molar-refractivity contribution in [2.75, 3.05) is 11.9 Å². The van der Waals surface area contributed by atoms with Crippen LogP contribution in [0.15, 0.2) is 114 Å². The maximum Gasteiger partial charge on any atom is 0.262 e. The summed E-state index contributed by atoms with van der Waals surface area (Å²) in [6, 6.07) is 34.3. The number of nitrogens with zero attached hydrogens (tertiary/aromatic N) is 2. The van der Waals surface area contributed by atoms with Crippen LogP contribution in [0.1, 0.15) is 33.4 Å². The predicted octanol–water partition coefficient (Wildman–Crippen LogP) is 5.64. The van der Waals surface area contributed by atoms with Gasteiger partial charge in [-0.15, -0.1) is 0 Å². The van der Waals surface area contributed by atoms with E-state index >= 15 is 0 Å². The zero-order valence-corrected chi connectivity index (χ0v) is 19.4. The van der Waals surface area contributed by atoms with E-state index in [1.807, 2.05) is 97.9 Å². The number of aromatic nitrogens is 2. The Hall–Kier alpha value is -4.51. The summed E-state index contributed by atoms with van der Waals surface area (Å²) in [5.41, 5.74) is 3.87. The van der Waals surface area contributed by atoms with E-state index < -0.39 is 0 Å². The Morgan fingerprint density at radius 3 is 2.00 bits per heavy atom. The molecule has 0 spiro atoms. The van der Waals surface area contributed by atoms with Gasteiger partial charge in [0.25, 0.3) is 5.56 Å². The summed E-state index contributed by atoms with van der Waals surface area (Å²) < 4.78 is 1.76. The number of anilines is 1. The maximum atomic E-state index is 13.9. The van der Waals surface area contributed by atoms with E-state index in [4.69, 9.17) is 4.98 Å². The largest absolute Gasteiger partial charge is 0.378 e. The maximum absolute atomic E-state index is 13.9. The van der Waals surface area contributed by atoms with Gasteiger partial charge in [-0.1, -0.05) is 91.0 Å². The first kappa shape index (κ1) is 22.3. The molecular weight excluding hydrogens is 434 g/mol. The number of aryl methyl sites for hydroxylation is 1. The van der Waals surface area contributed by atoms with Gasteiger partial charge in [-0.3, -0.25) is 14.2 Å². The van der Waals surface area contributed by atoms with Gasteiger partial charge in [-0.05, 0) is 36.2 Å². The molecule has 0 aliphatic heterocycles. The molecular formula is C30H25N3O2. The van der Waals surface area contributed by atoms with Gasteiger partial charge < -0.3 is 5.32 Å². The Morgan fingerprint density at radius 2 is 1.40 bits per heavy atom. The standard InChI is InChI=1S/C30H25N3O2/c1-21-32-27-18-17-25(31-20-28(34)22-11-5-2-6-12-22)19-26(27)30(35)33(21)29(23-13-7-3-8-14-23)24-15-9-4-10-16-24/h2-19,29,31H,20H2,1H3. The molecule has 5 heteroatoms. The number of fused-ring (bicyclic) bond motifs is 1. The van der Waals surface area contributed by atoms with Gasteiger partial charge in [0, 0.05) is 11.3 Å². The number of carbonyl (C=O) groups is 1. The molecule has 0 saturated heterocycles. The third-order valence-electron chi connectivity index (χ3n) is 6.11. The summed E-state index contributed by atoms with van der Waals surface area (Å²) >= 11 is 0. The van der Waals surface area contributed by atoms with Crippen molar-refractivity contribution in [1.29, 1.82) is 0 Å². The fourth-order valence-corrected chi connectivity index (χ4v) is 4.39. The van der Waals surface area contributed by atoms with Crippen LogP contribution in [0.5, 0.6) is 0 Å². The molecule has 0 atom stereocenters. The average molecular weight is 460 g/mol. The lowest BCUT2D eigenvalue weighted by molar-refractivity contribution is 0.101. The first-order valence-corrected chi connectivity index (χ1v) is 11.6.